The molecule has 1 aliphatic rings. The highest BCUT2D eigenvalue weighted by atomic mass is 16.2. The summed E-state index contributed by atoms with van der Waals surface area (Å²) in [6.45, 7) is 0.216. The van der Waals surface area contributed by atoms with E-state index >= 15 is 0 Å². The third-order valence-corrected chi connectivity index (χ3v) is 3.73. The van der Waals surface area contributed by atoms with Crippen LogP contribution in [0.25, 0.3) is 0 Å². The van der Waals surface area contributed by atoms with Gasteiger partial charge in [-0.2, -0.15) is 0 Å². The molecule has 3 unspecified atom stereocenters. The third kappa shape index (κ3) is 3.25. The van der Waals surface area contributed by atoms with E-state index in [0.717, 1.165) is 4.57 Å². The zero-order valence-corrected chi connectivity index (χ0v) is 11.4. The zero-order chi connectivity index (χ0) is 16.1. The van der Waals surface area contributed by atoms with Gasteiger partial charge in [0.25, 0.3) is 0 Å². The van der Waals surface area contributed by atoms with Gasteiger partial charge in [0.05, 0.1) is 18.6 Å². The fourth-order valence-electron chi connectivity index (χ4n) is 2.78. The summed E-state index contributed by atoms with van der Waals surface area (Å²) >= 11 is 0. The second kappa shape index (κ2) is 6.75. The summed E-state index contributed by atoms with van der Waals surface area (Å²) < 4.78 is 0.837. The van der Waals surface area contributed by atoms with Crippen molar-refractivity contribution in [3.63, 3.8) is 0 Å². The van der Waals surface area contributed by atoms with Gasteiger partial charge in [0.1, 0.15) is 0 Å². The fourth-order valence-corrected chi connectivity index (χ4v) is 2.78. The Balaban J connectivity index is 2.44. The van der Waals surface area contributed by atoms with Crippen LogP contribution in [0.2, 0.25) is 0 Å². The number of carbonyl (C=O) groups excluding carboxylic acids is 2. The molecule has 3 atom stereocenters. The molecule has 1 aliphatic carbocycles. The van der Waals surface area contributed by atoms with Gasteiger partial charge >= 0.3 is 17.1 Å². The lowest BCUT2D eigenvalue weighted by Crippen LogP contribution is -2.49. The molecule has 10 nitrogen and oxygen atoms in total. The van der Waals surface area contributed by atoms with E-state index < -0.39 is 29.2 Å². The number of aromatic nitrogens is 3. The Kier molecular flexibility index (Phi) is 4.77. The molecule has 2 N–H and O–H groups in total. The number of nitrogens with one attached hydrogen (secondary N) is 2. The van der Waals surface area contributed by atoms with Crippen LogP contribution in [-0.2, 0) is 9.59 Å². The topological polar surface area (TPSA) is 147 Å². The Morgan fingerprint density at radius 1 is 1.09 bits per heavy atom. The summed E-state index contributed by atoms with van der Waals surface area (Å²) in [4.78, 5) is 66.7. The van der Waals surface area contributed by atoms with E-state index in [9.17, 15) is 24.0 Å². The molecule has 0 saturated heterocycles. The number of isocyanates is 2. The molecule has 0 bridgehead atoms. The minimum absolute atomic E-state index is 0.0530. The number of aromatic amines is 2. The Morgan fingerprint density at radius 3 is 2.36 bits per heavy atom. The highest BCUT2D eigenvalue weighted by Gasteiger charge is 2.33. The van der Waals surface area contributed by atoms with E-state index in [1.54, 1.807) is 0 Å². The smallest absolute Gasteiger partial charge is 0.259 e. The Hall–Kier alpha value is -2.83. The molecule has 2 rings (SSSR count). The largest absolute Gasteiger partial charge is 0.333 e. The van der Waals surface area contributed by atoms with E-state index in [-0.39, 0.29) is 12.5 Å². The maximum Gasteiger partial charge on any atom is 0.333 e. The van der Waals surface area contributed by atoms with Crippen LogP contribution < -0.4 is 17.1 Å². The zero-order valence-electron chi connectivity index (χ0n) is 11.4. The lowest BCUT2D eigenvalue weighted by atomic mass is 9.82. The monoisotopic (exact) mass is 307 g/mol. The molecule has 1 aromatic heterocycles. The van der Waals surface area contributed by atoms with Crippen molar-refractivity contribution >= 4 is 12.2 Å². The second-order valence-electron chi connectivity index (χ2n) is 5.03. The van der Waals surface area contributed by atoms with Crippen LogP contribution in [0, 0.1) is 5.92 Å². The van der Waals surface area contributed by atoms with E-state index in [1.165, 1.54) is 12.2 Å². The molecular formula is C12H13N5O5. The van der Waals surface area contributed by atoms with Crippen molar-refractivity contribution in [3.05, 3.63) is 31.5 Å². The predicted molar refractivity (Wildman–Crippen MR) is 73.2 cm³/mol. The van der Waals surface area contributed by atoms with Gasteiger partial charge in [0.15, 0.2) is 0 Å². The van der Waals surface area contributed by atoms with E-state index in [0.29, 0.717) is 19.3 Å². The molecule has 0 spiro atoms. The van der Waals surface area contributed by atoms with Gasteiger partial charge in [-0.25, -0.2) is 38.5 Å². The Bertz CT molecular complexity index is 774. The molecule has 1 aromatic rings. The third-order valence-electron chi connectivity index (χ3n) is 3.73. The minimum Gasteiger partial charge on any atom is -0.259 e. The lowest BCUT2D eigenvalue weighted by Gasteiger charge is -2.32. The molecule has 0 aromatic carbocycles. The fraction of sp³-hybridized carbons (Fsp3) is 0.583. The van der Waals surface area contributed by atoms with Gasteiger partial charge in [-0.1, -0.05) is 0 Å². The number of H-pyrrole nitrogens is 2. The molecular weight excluding hydrogens is 294 g/mol. The first-order valence-electron chi connectivity index (χ1n) is 6.62. The van der Waals surface area contributed by atoms with Crippen molar-refractivity contribution in [2.75, 3.05) is 6.54 Å². The van der Waals surface area contributed by atoms with E-state index in [2.05, 4.69) is 9.98 Å². The lowest BCUT2D eigenvalue weighted by molar-refractivity contribution is 0.228. The highest BCUT2D eigenvalue weighted by Crippen LogP contribution is 2.33. The molecule has 22 heavy (non-hydrogen) atoms. The first-order chi connectivity index (χ1) is 10.6. The maximum atomic E-state index is 11.9. The predicted octanol–water partition coefficient (Wildman–Crippen LogP) is -1.39. The summed E-state index contributed by atoms with van der Waals surface area (Å²) in [5.74, 6) is -0.0530. The number of aliphatic imine (C=N–C) groups is 2. The average molecular weight is 307 g/mol. The number of hydrogen-bond donors (Lipinski definition) is 2. The SMILES string of the molecule is O=C=NCC1CCC(N=C=O)C(n2c(=O)[nH]c(=O)[nH]c2=O)C1. The van der Waals surface area contributed by atoms with Gasteiger partial charge in [0, 0.05) is 0 Å². The first-order valence-corrected chi connectivity index (χ1v) is 6.62. The van der Waals surface area contributed by atoms with Crippen LogP contribution in [0.3, 0.4) is 0 Å². The molecule has 116 valence electrons. The van der Waals surface area contributed by atoms with Crippen molar-refractivity contribution in [3.8, 4) is 0 Å². The van der Waals surface area contributed by atoms with Crippen molar-refractivity contribution in [1.29, 1.82) is 0 Å². The van der Waals surface area contributed by atoms with Gasteiger partial charge in [-0.15, -0.1) is 0 Å². The average Bonchev–Trinajstić information content (AvgIpc) is 2.46. The van der Waals surface area contributed by atoms with Crippen LogP contribution in [0.15, 0.2) is 24.4 Å². The summed E-state index contributed by atoms with van der Waals surface area (Å²) in [5, 5.41) is 0. The van der Waals surface area contributed by atoms with Crippen molar-refractivity contribution in [2.45, 2.75) is 31.3 Å². The van der Waals surface area contributed by atoms with Gasteiger partial charge < -0.3 is 0 Å². The normalized spacial score (nSPS) is 24.1. The molecule has 0 amide bonds. The number of hydrogen-bond acceptors (Lipinski definition) is 7. The van der Waals surface area contributed by atoms with E-state index in [4.69, 9.17) is 0 Å². The van der Waals surface area contributed by atoms with Crippen molar-refractivity contribution in [1.82, 2.24) is 14.5 Å². The summed E-state index contributed by atoms with van der Waals surface area (Å²) in [7, 11) is 0. The van der Waals surface area contributed by atoms with Gasteiger partial charge in [-0.05, 0) is 25.2 Å². The summed E-state index contributed by atoms with van der Waals surface area (Å²) in [5.41, 5.74) is -2.65. The molecule has 0 aliphatic heterocycles. The van der Waals surface area contributed by atoms with Crippen LogP contribution >= 0.6 is 0 Å². The second-order valence-corrected chi connectivity index (χ2v) is 5.03. The van der Waals surface area contributed by atoms with Gasteiger partial charge in [0.2, 0.25) is 12.2 Å². The number of nitrogens with zero attached hydrogens (tertiary/aromatic N) is 3. The molecule has 1 heterocycles. The van der Waals surface area contributed by atoms with E-state index in [1.807, 2.05) is 9.97 Å². The minimum atomic E-state index is -0.903. The van der Waals surface area contributed by atoms with Gasteiger partial charge in [-0.3, -0.25) is 9.97 Å². The van der Waals surface area contributed by atoms with Crippen molar-refractivity contribution in [2.24, 2.45) is 15.9 Å². The highest BCUT2D eigenvalue weighted by molar-refractivity contribution is 5.34. The van der Waals surface area contributed by atoms with Crippen LogP contribution in [0.4, 0.5) is 0 Å². The first kappa shape index (κ1) is 15.6. The molecule has 10 heteroatoms. The maximum absolute atomic E-state index is 11.9. The van der Waals surface area contributed by atoms with Crippen LogP contribution in [-0.4, -0.2) is 39.3 Å². The van der Waals surface area contributed by atoms with Crippen molar-refractivity contribution < 1.29 is 9.59 Å². The van der Waals surface area contributed by atoms with Crippen LogP contribution in [0.5, 0.6) is 0 Å². The quantitative estimate of drug-likeness (QED) is 0.519. The Labute approximate surface area is 122 Å². The standard InChI is InChI=1S/C12H13N5O5/c18-5-13-4-7-1-2-8(14-6-19)9(3-7)17-11(21)15-10(20)16-12(17)22/h7-9H,1-4H2,(H2,15,16,20,21,22). The Morgan fingerprint density at radius 2 is 1.77 bits per heavy atom. The van der Waals surface area contributed by atoms with Crippen LogP contribution in [0.1, 0.15) is 25.3 Å². The molecule has 1 saturated carbocycles. The number of rotatable bonds is 4. The molecule has 0 radical (unpaired) electrons. The molecule has 1 fully saturated rings. The summed E-state index contributed by atoms with van der Waals surface area (Å²) in [6, 6.07) is -1.31. The summed E-state index contributed by atoms with van der Waals surface area (Å²) in [6.07, 6.45) is 4.26.